The number of aromatic amines is 1. The first-order valence-electron chi connectivity index (χ1n) is 4.22. The van der Waals surface area contributed by atoms with Crippen LogP contribution in [0.15, 0.2) is 18.9 Å². The van der Waals surface area contributed by atoms with Crippen LogP contribution in [-0.4, -0.2) is 24.8 Å². The van der Waals surface area contributed by atoms with Crippen molar-refractivity contribution in [3.05, 3.63) is 30.1 Å². The Balaban J connectivity index is 2.34. The molecule has 0 saturated carbocycles. The highest BCUT2D eigenvalue weighted by atomic mass is 32.1. The molecule has 1 aliphatic rings. The summed E-state index contributed by atoms with van der Waals surface area (Å²) in [5.74, 6) is 0. The number of H-pyrrole nitrogens is 1. The lowest BCUT2D eigenvalue weighted by Crippen LogP contribution is -2.12. The SMILES string of the molecule is S=C1Cc2cncnc2-c2nc[nH]c21. The van der Waals surface area contributed by atoms with Crippen LogP contribution in [0.5, 0.6) is 0 Å². The first-order valence-corrected chi connectivity index (χ1v) is 4.63. The number of imidazole rings is 1. The van der Waals surface area contributed by atoms with Gasteiger partial charge in [0.2, 0.25) is 0 Å². The summed E-state index contributed by atoms with van der Waals surface area (Å²) in [4.78, 5) is 16.3. The third-order valence-electron chi connectivity index (χ3n) is 2.28. The molecule has 0 saturated heterocycles. The van der Waals surface area contributed by atoms with Crippen molar-refractivity contribution in [2.45, 2.75) is 6.42 Å². The second-order valence-corrected chi connectivity index (χ2v) is 3.62. The maximum Gasteiger partial charge on any atom is 0.116 e. The Kier molecular flexibility index (Phi) is 1.49. The first-order chi connectivity index (χ1) is 6.86. The summed E-state index contributed by atoms with van der Waals surface area (Å²) < 4.78 is 0. The molecule has 0 spiro atoms. The molecule has 3 rings (SSSR count). The number of fused-ring (bicyclic) bond motifs is 3. The fraction of sp³-hybridized carbons (Fsp3) is 0.111. The molecule has 1 aliphatic carbocycles. The van der Waals surface area contributed by atoms with Crippen LogP contribution in [0, 0.1) is 0 Å². The fourth-order valence-electron chi connectivity index (χ4n) is 1.65. The predicted molar refractivity (Wildman–Crippen MR) is 55.0 cm³/mol. The molecule has 0 bridgehead atoms. The number of thiocarbonyl (C=S) groups is 1. The van der Waals surface area contributed by atoms with Gasteiger partial charge >= 0.3 is 0 Å². The van der Waals surface area contributed by atoms with E-state index in [0.717, 1.165) is 33.9 Å². The van der Waals surface area contributed by atoms with Gasteiger partial charge in [-0.15, -0.1) is 0 Å². The van der Waals surface area contributed by atoms with Crippen LogP contribution >= 0.6 is 12.2 Å². The standard InChI is InChI=1S/C9H6N4S/c14-6-1-5-2-10-3-11-7(5)9-8(6)12-4-13-9/h2-4H,1H2,(H,12,13). The normalized spacial score (nSPS) is 13.6. The van der Waals surface area contributed by atoms with Crippen molar-refractivity contribution in [1.29, 1.82) is 0 Å². The van der Waals surface area contributed by atoms with Gasteiger partial charge in [-0.1, -0.05) is 12.2 Å². The van der Waals surface area contributed by atoms with Crippen LogP contribution in [-0.2, 0) is 6.42 Å². The van der Waals surface area contributed by atoms with Crippen molar-refractivity contribution >= 4 is 17.1 Å². The molecule has 14 heavy (non-hydrogen) atoms. The van der Waals surface area contributed by atoms with Crippen LogP contribution < -0.4 is 0 Å². The van der Waals surface area contributed by atoms with Crippen molar-refractivity contribution in [2.75, 3.05) is 0 Å². The Labute approximate surface area is 85.4 Å². The largest absolute Gasteiger partial charge is 0.344 e. The summed E-state index contributed by atoms with van der Waals surface area (Å²) in [6.07, 6.45) is 5.70. The van der Waals surface area contributed by atoms with Gasteiger partial charge < -0.3 is 4.98 Å². The Bertz CT molecular complexity index is 517. The summed E-state index contributed by atoms with van der Waals surface area (Å²) in [6.45, 7) is 0. The van der Waals surface area contributed by atoms with E-state index in [-0.39, 0.29) is 0 Å². The maximum atomic E-state index is 5.26. The summed E-state index contributed by atoms with van der Waals surface area (Å²) >= 11 is 5.26. The number of rotatable bonds is 0. The number of hydrogen-bond donors (Lipinski definition) is 1. The summed E-state index contributed by atoms with van der Waals surface area (Å²) in [7, 11) is 0. The van der Waals surface area contributed by atoms with Gasteiger partial charge in [0, 0.05) is 23.0 Å². The molecule has 0 fully saturated rings. The molecule has 0 aliphatic heterocycles. The monoisotopic (exact) mass is 202 g/mol. The highest BCUT2D eigenvalue weighted by Gasteiger charge is 2.23. The van der Waals surface area contributed by atoms with Crippen molar-refractivity contribution in [3.63, 3.8) is 0 Å². The Morgan fingerprint density at radius 3 is 3.14 bits per heavy atom. The zero-order valence-corrected chi connectivity index (χ0v) is 8.01. The molecule has 68 valence electrons. The number of nitrogens with zero attached hydrogens (tertiary/aromatic N) is 3. The van der Waals surface area contributed by atoms with Crippen molar-refractivity contribution < 1.29 is 0 Å². The molecule has 4 nitrogen and oxygen atoms in total. The van der Waals surface area contributed by atoms with Gasteiger partial charge in [0.05, 0.1) is 17.7 Å². The van der Waals surface area contributed by atoms with E-state index in [9.17, 15) is 0 Å². The molecule has 1 N–H and O–H groups in total. The predicted octanol–water partition coefficient (Wildman–Crippen LogP) is 1.14. The zero-order valence-electron chi connectivity index (χ0n) is 7.19. The van der Waals surface area contributed by atoms with Gasteiger partial charge in [-0.25, -0.2) is 15.0 Å². The van der Waals surface area contributed by atoms with Gasteiger partial charge in [0.25, 0.3) is 0 Å². The molecule has 2 aromatic rings. The molecule has 0 radical (unpaired) electrons. The van der Waals surface area contributed by atoms with Crippen molar-refractivity contribution in [1.82, 2.24) is 19.9 Å². The summed E-state index contributed by atoms with van der Waals surface area (Å²) in [6, 6.07) is 0. The van der Waals surface area contributed by atoms with E-state index in [1.54, 1.807) is 12.5 Å². The molecule has 5 heteroatoms. The van der Waals surface area contributed by atoms with Crippen LogP contribution in [0.4, 0.5) is 0 Å². The molecule has 0 unspecified atom stereocenters. The molecular formula is C9H6N4S. The van der Waals surface area contributed by atoms with Crippen molar-refractivity contribution in [3.8, 4) is 11.4 Å². The van der Waals surface area contributed by atoms with Crippen LogP contribution in [0.25, 0.3) is 11.4 Å². The third kappa shape index (κ3) is 0.927. The van der Waals surface area contributed by atoms with E-state index in [1.807, 2.05) is 0 Å². The zero-order chi connectivity index (χ0) is 9.54. The van der Waals surface area contributed by atoms with E-state index in [4.69, 9.17) is 12.2 Å². The minimum Gasteiger partial charge on any atom is -0.344 e. The Hall–Kier alpha value is -1.62. The minimum atomic E-state index is 0.723. The van der Waals surface area contributed by atoms with E-state index >= 15 is 0 Å². The quantitative estimate of drug-likeness (QED) is 0.651. The molecule has 0 aromatic carbocycles. The molecule has 2 aromatic heterocycles. The summed E-state index contributed by atoms with van der Waals surface area (Å²) in [5, 5.41) is 0. The lowest BCUT2D eigenvalue weighted by Gasteiger charge is -2.13. The third-order valence-corrected chi connectivity index (χ3v) is 2.63. The lowest BCUT2D eigenvalue weighted by molar-refractivity contribution is 1.09. The maximum absolute atomic E-state index is 5.26. The van der Waals surface area contributed by atoms with E-state index < -0.39 is 0 Å². The number of aromatic nitrogens is 4. The van der Waals surface area contributed by atoms with E-state index in [2.05, 4.69) is 19.9 Å². The van der Waals surface area contributed by atoms with Gasteiger partial charge in [0.15, 0.2) is 0 Å². The molecular weight excluding hydrogens is 196 g/mol. The minimum absolute atomic E-state index is 0.723. The molecule has 0 atom stereocenters. The number of nitrogens with one attached hydrogen (secondary N) is 1. The highest BCUT2D eigenvalue weighted by molar-refractivity contribution is 7.80. The van der Waals surface area contributed by atoms with Gasteiger partial charge in [-0.05, 0) is 0 Å². The van der Waals surface area contributed by atoms with Gasteiger partial charge in [-0.2, -0.15) is 0 Å². The lowest BCUT2D eigenvalue weighted by atomic mass is 9.98. The number of hydrogen-bond acceptors (Lipinski definition) is 4. The van der Waals surface area contributed by atoms with Gasteiger partial charge in [0.1, 0.15) is 12.0 Å². The average molecular weight is 202 g/mol. The second kappa shape index (κ2) is 2.68. The smallest absolute Gasteiger partial charge is 0.116 e. The molecule has 2 heterocycles. The van der Waals surface area contributed by atoms with Crippen molar-refractivity contribution in [2.24, 2.45) is 0 Å². The topological polar surface area (TPSA) is 54.5 Å². The molecule has 0 amide bonds. The average Bonchev–Trinajstić information content (AvgIpc) is 2.67. The van der Waals surface area contributed by atoms with E-state index in [0.29, 0.717) is 0 Å². The van der Waals surface area contributed by atoms with Crippen LogP contribution in [0.1, 0.15) is 11.3 Å². The Morgan fingerprint density at radius 2 is 2.21 bits per heavy atom. The fourth-order valence-corrected chi connectivity index (χ4v) is 1.96. The first kappa shape index (κ1) is 7.75. The second-order valence-electron chi connectivity index (χ2n) is 3.12. The van der Waals surface area contributed by atoms with Crippen LogP contribution in [0.3, 0.4) is 0 Å². The van der Waals surface area contributed by atoms with Gasteiger partial charge in [-0.3, -0.25) is 0 Å². The van der Waals surface area contributed by atoms with Crippen LogP contribution in [0.2, 0.25) is 0 Å². The van der Waals surface area contributed by atoms with E-state index in [1.165, 1.54) is 6.33 Å². The summed E-state index contributed by atoms with van der Waals surface area (Å²) in [5.41, 5.74) is 3.71. The Morgan fingerprint density at radius 1 is 1.29 bits per heavy atom. The highest BCUT2D eigenvalue weighted by Crippen LogP contribution is 2.28.